The molecular weight excluding hydrogens is 340 g/mol. The Hall–Kier alpha value is -3.16. The molecule has 8 heteroatoms. The summed E-state index contributed by atoms with van der Waals surface area (Å²) in [4.78, 5) is 56.0. The van der Waals surface area contributed by atoms with Gasteiger partial charge in [-0.15, -0.1) is 0 Å². The van der Waals surface area contributed by atoms with Gasteiger partial charge in [0.2, 0.25) is 11.6 Å². The molecule has 2 aromatic heterocycles. The highest BCUT2D eigenvalue weighted by atomic mass is 16.5. The Bertz CT molecular complexity index is 885. The van der Waals surface area contributed by atoms with E-state index in [1.807, 2.05) is 0 Å². The van der Waals surface area contributed by atoms with Crippen LogP contribution in [-0.2, 0) is 9.47 Å². The van der Waals surface area contributed by atoms with Crippen LogP contribution in [0.5, 0.6) is 0 Å². The molecule has 0 spiro atoms. The topological polar surface area (TPSA) is 118 Å². The second kappa shape index (κ2) is 6.29. The second-order valence-electron chi connectivity index (χ2n) is 5.85. The molecule has 1 aliphatic rings. The number of aromatic nitrogens is 2. The van der Waals surface area contributed by atoms with E-state index >= 15 is 0 Å². The number of nitrogens with one attached hydrogen (secondary N) is 2. The largest absolute Gasteiger partial charge is 0.462 e. The van der Waals surface area contributed by atoms with Crippen molar-refractivity contribution in [3.8, 4) is 0 Å². The number of aryl methyl sites for hydroxylation is 2. The van der Waals surface area contributed by atoms with Gasteiger partial charge in [0.15, 0.2) is 0 Å². The van der Waals surface area contributed by atoms with Crippen LogP contribution in [-0.4, -0.2) is 46.7 Å². The zero-order valence-electron chi connectivity index (χ0n) is 14.9. The van der Waals surface area contributed by atoms with Crippen LogP contribution >= 0.6 is 0 Å². The van der Waals surface area contributed by atoms with Gasteiger partial charge < -0.3 is 19.4 Å². The molecule has 0 fully saturated rings. The van der Waals surface area contributed by atoms with Crippen LogP contribution in [0.25, 0.3) is 0 Å². The molecule has 26 heavy (non-hydrogen) atoms. The fourth-order valence-electron chi connectivity index (χ4n) is 3.21. The summed E-state index contributed by atoms with van der Waals surface area (Å²) in [6, 6.07) is 0. The molecule has 0 radical (unpaired) electrons. The maximum atomic E-state index is 13.0. The summed E-state index contributed by atoms with van der Waals surface area (Å²) in [5.41, 5.74) is 0.682. The smallest absolute Gasteiger partial charge is 0.340 e. The highest BCUT2D eigenvalue weighted by Gasteiger charge is 2.41. The molecule has 0 saturated heterocycles. The Balaban J connectivity index is 2.21. The number of H-pyrrole nitrogens is 2. The van der Waals surface area contributed by atoms with E-state index in [-0.39, 0.29) is 46.9 Å². The summed E-state index contributed by atoms with van der Waals surface area (Å²) < 4.78 is 9.99. The van der Waals surface area contributed by atoms with Crippen molar-refractivity contribution in [2.45, 2.75) is 27.7 Å². The van der Waals surface area contributed by atoms with Crippen molar-refractivity contribution >= 4 is 23.5 Å². The Morgan fingerprint density at radius 2 is 1.12 bits per heavy atom. The van der Waals surface area contributed by atoms with E-state index in [0.717, 1.165) is 0 Å². The molecule has 0 aliphatic heterocycles. The SMILES string of the molecule is CCOC(=O)c1c(C)[nH]c2c1C(=O)c1[nH]c(C)c(C(=O)OCC)c1C2=O. The molecule has 0 unspecified atom stereocenters. The van der Waals surface area contributed by atoms with E-state index < -0.39 is 23.5 Å². The van der Waals surface area contributed by atoms with Crippen LogP contribution < -0.4 is 0 Å². The molecule has 2 N–H and O–H groups in total. The van der Waals surface area contributed by atoms with Gasteiger partial charge in [-0.1, -0.05) is 0 Å². The number of hydrogen-bond acceptors (Lipinski definition) is 6. The van der Waals surface area contributed by atoms with Gasteiger partial charge >= 0.3 is 11.9 Å². The van der Waals surface area contributed by atoms with Gasteiger partial charge in [-0.2, -0.15) is 0 Å². The minimum Gasteiger partial charge on any atom is -0.462 e. The third-order valence-corrected chi connectivity index (χ3v) is 4.24. The van der Waals surface area contributed by atoms with Gasteiger partial charge in [0.25, 0.3) is 0 Å². The van der Waals surface area contributed by atoms with Crippen LogP contribution in [0.15, 0.2) is 0 Å². The van der Waals surface area contributed by atoms with Crippen LogP contribution in [0.3, 0.4) is 0 Å². The lowest BCUT2D eigenvalue weighted by Crippen LogP contribution is -2.24. The summed E-state index contributed by atoms with van der Waals surface area (Å²) in [6.45, 7) is 6.74. The standard InChI is InChI=1S/C18H18N2O6/c1-5-25-17(23)9-7(3)19-13-11(9)15(21)14-12(16(13)22)10(8(4)20-14)18(24)26-6-2/h19-20H,5-6H2,1-4H3. The second-order valence-corrected chi connectivity index (χ2v) is 5.85. The van der Waals surface area contributed by atoms with Gasteiger partial charge in [-0.3, -0.25) is 9.59 Å². The molecule has 0 saturated carbocycles. The fraction of sp³-hybridized carbons (Fsp3) is 0.333. The van der Waals surface area contributed by atoms with E-state index in [0.29, 0.717) is 11.4 Å². The highest BCUT2D eigenvalue weighted by Crippen LogP contribution is 2.34. The molecule has 136 valence electrons. The molecule has 2 heterocycles. The zero-order valence-corrected chi connectivity index (χ0v) is 14.9. The van der Waals surface area contributed by atoms with Gasteiger partial charge in [0.05, 0.1) is 46.9 Å². The third kappa shape index (κ3) is 2.37. The Morgan fingerprint density at radius 1 is 0.769 bits per heavy atom. The Labute approximate surface area is 148 Å². The summed E-state index contributed by atoms with van der Waals surface area (Å²) in [5.74, 6) is -2.44. The van der Waals surface area contributed by atoms with Crippen molar-refractivity contribution in [2.75, 3.05) is 13.2 Å². The molecule has 2 aromatic rings. The maximum absolute atomic E-state index is 13.0. The van der Waals surface area contributed by atoms with Crippen LogP contribution in [0.1, 0.15) is 78.1 Å². The number of carbonyl (C=O) groups excluding carboxylic acids is 4. The summed E-state index contributed by atoms with van der Waals surface area (Å²) >= 11 is 0. The summed E-state index contributed by atoms with van der Waals surface area (Å²) in [6.07, 6.45) is 0. The number of carbonyl (C=O) groups is 4. The van der Waals surface area contributed by atoms with Gasteiger partial charge in [0.1, 0.15) is 0 Å². The highest BCUT2D eigenvalue weighted by molar-refractivity contribution is 6.32. The van der Waals surface area contributed by atoms with Crippen LogP contribution in [0.4, 0.5) is 0 Å². The average molecular weight is 358 g/mol. The summed E-state index contributed by atoms with van der Waals surface area (Å²) in [5, 5.41) is 0. The maximum Gasteiger partial charge on any atom is 0.340 e. The normalized spacial score (nSPS) is 12.6. The molecule has 0 atom stereocenters. The van der Waals surface area contributed by atoms with Crippen LogP contribution in [0.2, 0.25) is 0 Å². The Morgan fingerprint density at radius 3 is 1.42 bits per heavy atom. The van der Waals surface area contributed by atoms with Gasteiger partial charge in [0, 0.05) is 11.4 Å². The van der Waals surface area contributed by atoms with E-state index in [9.17, 15) is 19.2 Å². The van der Waals surface area contributed by atoms with Crippen molar-refractivity contribution in [3.05, 3.63) is 45.0 Å². The number of rotatable bonds is 4. The minimum absolute atomic E-state index is 0.0207. The van der Waals surface area contributed by atoms with Gasteiger partial charge in [-0.25, -0.2) is 9.59 Å². The first-order valence-corrected chi connectivity index (χ1v) is 8.22. The molecule has 8 nitrogen and oxygen atoms in total. The fourth-order valence-corrected chi connectivity index (χ4v) is 3.21. The van der Waals surface area contributed by atoms with Crippen LogP contribution in [0, 0.1) is 13.8 Å². The predicted molar refractivity (Wildman–Crippen MR) is 89.8 cm³/mol. The molecule has 0 bridgehead atoms. The van der Waals surface area contributed by atoms with E-state index in [4.69, 9.17) is 9.47 Å². The Kier molecular flexibility index (Phi) is 4.27. The number of esters is 2. The van der Waals surface area contributed by atoms with E-state index in [1.165, 1.54) is 0 Å². The lowest BCUT2D eigenvalue weighted by molar-refractivity contribution is 0.0513. The zero-order chi connectivity index (χ0) is 19.2. The third-order valence-electron chi connectivity index (χ3n) is 4.24. The minimum atomic E-state index is -0.680. The number of ether oxygens (including phenoxy) is 2. The molecule has 3 rings (SSSR count). The molecule has 0 aromatic carbocycles. The first kappa shape index (κ1) is 17.7. The monoisotopic (exact) mass is 358 g/mol. The lowest BCUT2D eigenvalue weighted by atomic mass is 9.88. The quantitative estimate of drug-likeness (QED) is 0.690. The number of hydrogen-bond donors (Lipinski definition) is 2. The first-order chi connectivity index (χ1) is 12.3. The lowest BCUT2D eigenvalue weighted by Gasteiger charge is -2.13. The number of aromatic amines is 2. The summed E-state index contributed by atoms with van der Waals surface area (Å²) in [7, 11) is 0. The van der Waals surface area contributed by atoms with Crippen molar-refractivity contribution in [3.63, 3.8) is 0 Å². The van der Waals surface area contributed by atoms with Crippen molar-refractivity contribution in [2.24, 2.45) is 0 Å². The number of ketones is 2. The van der Waals surface area contributed by atoms with Crippen molar-refractivity contribution < 1.29 is 28.7 Å². The molecule has 0 amide bonds. The first-order valence-electron chi connectivity index (χ1n) is 8.22. The average Bonchev–Trinajstić information content (AvgIpc) is 3.11. The van der Waals surface area contributed by atoms with Crippen molar-refractivity contribution in [1.29, 1.82) is 0 Å². The van der Waals surface area contributed by atoms with Crippen molar-refractivity contribution in [1.82, 2.24) is 9.97 Å². The van der Waals surface area contributed by atoms with E-state index in [1.54, 1.807) is 27.7 Å². The molecule has 1 aliphatic carbocycles. The predicted octanol–water partition coefficient (Wildman–Crippen LogP) is 2.09. The molecular formula is C18H18N2O6. The number of fused-ring (bicyclic) bond motifs is 2. The van der Waals surface area contributed by atoms with Gasteiger partial charge in [-0.05, 0) is 27.7 Å². The van der Waals surface area contributed by atoms with E-state index in [2.05, 4.69) is 9.97 Å².